The quantitative estimate of drug-likeness (QED) is 0.664. The average molecular weight is 393 g/mol. The molecule has 0 heterocycles. The molecule has 0 saturated heterocycles. The first kappa shape index (κ1) is 18.1. The molecule has 4 aliphatic rings. The molecule has 0 aliphatic heterocycles. The van der Waals surface area contributed by atoms with Crippen molar-refractivity contribution in [3.8, 4) is 0 Å². The number of benzene rings is 2. The minimum Gasteiger partial charge on any atom is -0.332 e. The number of amides is 1. The van der Waals surface area contributed by atoms with Crippen molar-refractivity contribution < 1.29 is 4.79 Å². The first-order chi connectivity index (χ1) is 13.4. The van der Waals surface area contributed by atoms with Gasteiger partial charge in [-0.05, 0) is 93.3 Å². The molecule has 0 atom stereocenters. The van der Waals surface area contributed by atoms with E-state index in [-0.39, 0.29) is 11.3 Å². The number of hydrogen-bond donors (Lipinski definition) is 2. The Hall–Kier alpha value is -1.94. The summed E-state index contributed by atoms with van der Waals surface area (Å²) in [6.07, 6.45) is 7.18. The van der Waals surface area contributed by atoms with Crippen LogP contribution in [0.1, 0.15) is 49.7 Å². The Bertz CT molecular complexity index is 945. The second kappa shape index (κ2) is 6.55. The Morgan fingerprint density at radius 3 is 2.29 bits per heavy atom. The minimum absolute atomic E-state index is 0.151. The third kappa shape index (κ3) is 3.02. The van der Waals surface area contributed by atoms with E-state index in [4.69, 9.17) is 12.2 Å². The first-order valence-electron chi connectivity index (χ1n) is 10.5. The van der Waals surface area contributed by atoms with Gasteiger partial charge in [0, 0.05) is 5.39 Å². The van der Waals surface area contributed by atoms with E-state index in [2.05, 4.69) is 54.8 Å². The summed E-state index contributed by atoms with van der Waals surface area (Å²) < 4.78 is 0. The topological polar surface area (TPSA) is 41.1 Å². The van der Waals surface area contributed by atoms with Crippen LogP contribution in [0.15, 0.2) is 30.3 Å². The highest BCUT2D eigenvalue weighted by molar-refractivity contribution is 7.80. The van der Waals surface area contributed by atoms with Gasteiger partial charge in [-0.2, -0.15) is 0 Å². The fourth-order valence-electron chi connectivity index (χ4n) is 6.49. The van der Waals surface area contributed by atoms with E-state index in [1.807, 2.05) is 0 Å². The monoisotopic (exact) mass is 392 g/mol. The van der Waals surface area contributed by atoms with Crippen molar-refractivity contribution in [3.63, 3.8) is 0 Å². The maximum absolute atomic E-state index is 13.3. The largest absolute Gasteiger partial charge is 0.332 e. The Morgan fingerprint density at radius 2 is 1.64 bits per heavy atom. The summed E-state index contributed by atoms with van der Waals surface area (Å²) in [6, 6.07) is 10.7. The summed E-state index contributed by atoms with van der Waals surface area (Å²) in [7, 11) is 0. The normalized spacial score (nSPS) is 30.4. The van der Waals surface area contributed by atoms with Crippen LogP contribution in [-0.4, -0.2) is 11.0 Å². The lowest BCUT2D eigenvalue weighted by Gasteiger charge is -2.55. The molecule has 0 aromatic heterocycles. The summed E-state index contributed by atoms with van der Waals surface area (Å²) in [5, 5.41) is 9.15. The molecule has 6 rings (SSSR count). The Labute approximate surface area is 172 Å². The molecule has 4 fully saturated rings. The highest BCUT2D eigenvalue weighted by atomic mass is 32.1. The number of nitrogens with one attached hydrogen (secondary N) is 2. The molecular formula is C24H28N2OS. The number of thiocarbonyl (C=S) groups is 1. The average Bonchev–Trinajstić information content (AvgIpc) is 2.63. The fourth-order valence-corrected chi connectivity index (χ4v) is 6.69. The third-order valence-corrected chi connectivity index (χ3v) is 7.57. The first-order valence-corrected chi connectivity index (χ1v) is 11.0. The van der Waals surface area contributed by atoms with Gasteiger partial charge in [0.15, 0.2) is 5.11 Å². The second-order valence-corrected chi connectivity index (χ2v) is 10.00. The van der Waals surface area contributed by atoms with E-state index in [9.17, 15) is 4.79 Å². The van der Waals surface area contributed by atoms with Gasteiger partial charge in [0.05, 0.1) is 11.1 Å². The van der Waals surface area contributed by atoms with Crippen molar-refractivity contribution in [2.45, 2.75) is 52.4 Å². The van der Waals surface area contributed by atoms with Gasteiger partial charge in [-0.3, -0.25) is 4.79 Å². The van der Waals surface area contributed by atoms with Crippen LogP contribution in [0, 0.1) is 37.0 Å². The highest BCUT2D eigenvalue weighted by Crippen LogP contribution is 2.60. The van der Waals surface area contributed by atoms with Crippen LogP contribution < -0.4 is 10.6 Å². The van der Waals surface area contributed by atoms with Gasteiger partial charge < -0.3 is 10.6 Å². The zero-order valence-electron chi connectivity index (χ0n) is 16.7. The van der Waals surface area contributed by atoms with Crippen molar-refractivity contribution in [1.82, 2.24) is 5.32 Å². The van der Waals surface area contributed by atoms with Crippen molar-refractivity contribution in [2.75, 3.05) is 5.32 Å². The summed E-state index contributed by atoms with van der Waals surface area (Å²) in [5.74, 6) is 2.41. The van der Waals surface area contributed by atoms with E-state index in [1.54, 1.807) is 0 Å². The Morgan fingerprint density at radius 1 is 1.00 bits per heavy atom. The van der Waals surface area contributed by atoms with Crippen LogP contribution in [0.4, 0.5) is 5.69 Å². The van der Waals surface area contributed by atoms with Gasteiger partial charge in [0.2, 0.25) is 5.91 Å². The lowest BCUT2D eigenvalue weighted by Crippen LogP contribution is -2.55. The van der Waals surface area contributed by atoms with Gasteiger partial charge in [0.25, 0.3) is 0 Å². The summed E-state index contributed by atoms with van der Waals surface area (Å²) in [4.78, 5) is 13.3. The maximum atomic E-state index is 13.3. The van der Waals surface area contributed by atoms with Crippen molar-refractivity contribution in [1.29, 1.82) is 0 Å². The van der Waals surface area contributed by atoms with Crippen LogP contribution in [0.25, 0.3) is 10.8 Å². The molecular weight excluding hydrogens is 364 g/mol. The van der Waals surface area contributed by atoms with E-state index >= 15 is 0 Å². The zero-order chi connectivity index (χ0) is 19.5. The number of hydrogen-bond acceptors (Lipinski definition) is 2. The van der Waals surface area contributed by atoms with Gasteiger partial charge in [0.1, 0.15) is 0 Å². The van der Waals surface area contributed by atoms with E-state index in [0.717, 1.165) is 53.7 Å². The smallest absolute Gasteiger partial charge is 0.232 e. The molecule has 2 N–H and O–H groups in total. The number of carbonyl (C=O) groups is 1. The molecule has 2 aromatic carbocycles. The number of fused-ring (bicyclic) bond motifs is 1. The van der Waals surface area contributed by atoms with E-state index in [1.165, 1.54) is 30.2 Å². The Kier molecular flexibility index (Phi) is 4.24. The van der Waals surface area contributed by atoms with Crippen molar-refractivity contribution in [2.24, 2.45) is 23.2 Å². The zero-order valence-corrected chi connectivity index (χ0v) is 17.5. The molecule has 28 heavy (non-hydrogen) atoms. The molecule has 0 radical (unpaired) electrons. The molecule has 4 bridgehead atoms. The molecule has 4 heteroatoms. The molecule has 146 valence electrons. The van der Waals surface area contributed by atoms with Gasteiger partial charge >= 0.3 is 0 Å². The Balaban J connectivity index is 1.35. The number of carbonyl (C=O) groups excluding carboxylic acids is 1. The fraction of sp³-hybridized carbons (Fsp3) is 0.500. The number of rotatable bonds is 2. The van der Waals surface area contributed by atoms with Crippen molar-refractivity contribution in [3.05, 3.63) is 41.5 Å². The van der Waals surface area contributed by atoms with Crippen LogP contribution in [0.3, 0.4) is 0 Å². The minimum atomic E-state index is -0.175. The van der Waals surface area contributed by atoms with Gasteiger partial charge in [-0.1, -0.05) is 35.9 Å². The molecule has 4 aliphatic carbocycles. The predicted octanol–water partition coefficient (Wildman–Crippen LogP) is 5.49. The van der Waals surface area contributed by atoms with Crippen molar-refractivity contribution >= 4 is 39.7 Å². The summed E-state index contributed by atoms with van der Waals surface area (Å²) in [6.45, 7) is 4.17. The number of aryl methyl sites for hydroxylation is 2. The van der Waals surface area contributed by atoms with Crippen LogP contribution in [0.5, 0.6) is 0 Å². The molecule has 4 saturated carbocycles. The molecule has 0 spiro atoms. The summed E-state index contributed by atoms with van der Waals surface area (Å²) >= 11 is 5.57. The lowest BCUT2D eigenvalue weighted by atomic mass is 9.49. The van der Waals surface area contributed by atoms with Gasteiger partial charge in [-0.25, -0.2) is 0 Å². The lowest BCUT2D eigenvalue weighted by molar-refractivity contribution is -0.144. The maximum Gasteiger partial charge on any atom is 0.232 e. The summed E-state index contributed by atoms with van der Waals surface area (Å²) in [5.41, 5.74) is 3.18. The van der Waals surface area contributed by atoms with Crippen LogP contribution in [-0.2, 0) is 4.79 Å². The SMILES string of the molecule is Cc1ccc2c(NC(=S)NC(=O)C34CC5CC(CC(C5)C3)C4)c(C)ccc2c1. The van der Waals surface area contributed by atoms with Crippen LogP contribution >= 0.6 is 12.2 Å². The standard InChI is InChI=1S/C24H28N2OS/c1-14-3-6-20-19(7-14)5-4-15(2)21(20)25-23(28)26-22(27)24-11-16-8-17(12-24)10-18(9-16)13-24/h3-7,16-18H,8-13H2,1-2H3,(H2,25,26,27,28). The highest BCUT2D eigenvalue weighted by Gasteiger charge is 2.54. The molecule has 1 amide bonds. The van der Waals surface area contributed by atoms with Crippen LogP contribution in [0.2, 0.25) is 0 Å². The second-order valence-electron chi connectivity index (χ2n) is 9.59. The third-order valence-electron chi connectivity index (χ3n) is 7.37. The molecule has 3 nitrogen and oxygen atoms in total. The predicted molar refractivity (Wildman–Crippen MR) is 118 cm³/mol. The van der Waals surface area contributed by atoms with E-state index < -0.39 is 0 Å². The van der Waals surface area contributed by atoms with Gasteiger partial charge in [-0.15, -0.1) is 0 Å². The molecule has 0 unspecified atom stereocenters. The number of anilines is 1. The van der Waals surface area contributed by atoms with E-state index in [0.29, 0.717) is 5.11 Å². The molecule has 2 aromatic rings.